The number of aryl methyl sites for hydroxylation is 1. The smallest absolute Gasteiger partial charge is 0.124 e. The monoisotopic (exact) mass is 306 g/mol. The summed E-state index contributed by atoms with van der Waals surface area (Å²) in [4.78, 5) is 0.960. The van der Waals surface area contributed by atoms with Crippen molar-refractivity contribution in [1.82, 2.24) is 10.2 Å². The van der Waals surface area contributed by atoms with Crippen LogP contribution in [-0.4, -0.2) is 15.3 Å². The van der Waals surface area contributed by atoms with Gasteiger partial charge in [0.15, 0.2) is 0 Å². The largest absolute Gasteiger partial charge is 0.507 e. The lowest BCUT2D eigenvalue weighted by molar-refractivity contribution is 0.477. The van der Waals surface area contributed by atoms with Gasteiger partial charge in [0.1, 0.15) is 23.6 Å². The van der Waals surface area contributed by atoms with Crippen LogP contribution in [0, 0.1) is 29.6 Å². The Bertz CT molecular complexity index is 926. The first-order valence-electron chi connectivity index (χ1n) is 6.42. The van der Waals surface area contributed by atoms with Crippen molar-refractivity contribution in [3.8, 4) is 39.6 Å². The Morgan fingerprint density at radius 2 is 1.95 bits per heavy atom. The summed E-state index contributed by atoms with van der Waals surface area (Å²) in [6.45, 7) is 1.85. The molecule has 0 unspecified atom stereocenters. The molecule has 3 rings (SSSR count). The maximum Gasteiger partial charge on any atom is 0.124 e. The first kappa shape index (κ1) is 13.9. The van der Waals surface area contributed by atoms with E-state index in [1.807, 2.05) is 36.6 Å². The lowest BCUT2D eigenvalue weighted by atomic mass is 9.97. The molecule has 0 spiro atoms. The molecular formula is C16H10N4OS. The minimum atomic E-state index is -0.0437. The van der Waals surface area contributed by atoms with E-state index in [4.69, 9.17) is 5.26 Å². The summed E-state index contributed by atoms with van der Waals surface area (Å²) in [5.41, 5.74) is 3.12. The maximum atomic E-state index is 10.3. The number of phenolic OH excluding ortho intramolecular Hbond substituents is 1. The second-order valence-electron chi connectivity index (χ2n) is 4.69. The van der Waals surface area contributed by atoms with Crippen molar-refractivity contribution in [2.24, 2.45) is 0 Å². The Labute approximate surface area is 130 Å². The number of rotatable bonds is 2. The van der Waals surface area contributed by atoms with Crippen LogP contribution in [0.3, 0.4) is 0 Å². The van der Waals surface area contributed by atoms with Crippen LogP contribution in [0.25, 0.3) is 21.7 Å². The highest BCUT2D eigenvalue weighted by molar-refractivity contribution is 7.13. The molecule has 106 valence electrons. The van der Waals surface area contributed by atoms with Gasteiger partial charge in [0.25, 0.3) is 0 Å². The summed E-state index contributed by atoms with van der Waals surface area (Å²) >= 11 is 1.54. The molecule has 1 aromatic carbocycles. The number of benzene rings is 1. The summed E-state index contributed by atoms with van der Waals surface area (Å²) in [6.07, 6.45) is 0. The quantitative estimate of drug-likeness (QED) is 0.756. The van der Waals surface area contributed by atoms with Crippen LogP contribution in [0.5, 0.6) is 5.75 Å². The zero-order valence-corrected chi connectivity index (χ0v) is 12.4. The molecule has 2 N–H and O–H groups in total. The molecule has 0 saturated carbocycles. The van der Waals surface area contributed by atoms with Crippen molar-refractivity contribution in [3.63, 3.8) is 0 Å². The fourth-order valence-corrected chi connectivity index (χ4v) is 3.04. The lowest BCUT2D eigenvalue weighted by Crippen LogP contribution is -1.89. The molecular weight excluding hydrogens is 296 g/mol. The van der Waals surface area contributed by atoms with Crippen LogP contribution in [0.2, 0.25) is 0 Å². The summed E-state index contributed by atoms with van der Waals surface area (Å²) < 4.78 is 0. The molecule has 0 radical (unpaired) electrons. The summed E-state index contributed by atoms with van der Waals surface area (Å²) in [6, 6.07) is 10.6. The fourth-order valence-electron chi connectivity index (χ4n) is 2.32. The van der Waals surface area contributed by atoms with E-state index in [-0.39, 0.29) is 16.9 Å². The molecule has 0 bridgehead atoms. The van der Waals surface area contributed by atoms with Crippen LogP contribution in [-0.2, 0) is 0 Å². The van der Waals surface area contributed by atoms with Crippen LogP contribution in [0.15, 0.2) is 29.6 Å². The van der Waals surface area contributed by atoms with E-state index >= 15 is 0 Å². The Kier molecular flexibility index (Phi) is 3.38. The molecule has 22 heavy (non-hydrogen) atoms. The predicted molar refractivity (Wildman–Crippen MR) is 83.2 cm³/mol. The van der Waals surface area contributed by atoms with E-state index in [0.717, 1.165) is 21.8 Å². The van der Waals surface area contributed by atoms with Gasteiger partial charge in [0.05, 0.1) is 16.0 Å². The summed E-state index contributed by atoms with van der Waals surface area (Å²) in [5, 5.41) is 37.6. The molecule has 0 aliphatic heterocycles. The average Bonchev–Trinajstić information content (AvgIpc) is 3.16. The minimum absolute atomic E-state index is 0.0437. The normalized spacial score (nSPS) is 10.1. The topological polar surface area (TPSA) is 96.5 Å². The van der Waals surface area contributed by atoms with Gasteiger partial charge >= 0.3 is 0 Å². The zero-order valence-electron chi connectivity index (χ0n) is 11.6. The maximum absolute atomic E-state index is 10.3. The number of aromatic nitrogens is 2. The second-order valence-corrected chi connectivity index (χ2v) is 5.64. The average molecular weight is 306 g/mol. The third-order valence-corrected chi connectivity index (χ3v) is 4.22. The number of aromatic hydroxyl groups is 1. The van der Waals surface area contributed by atoms with Gasteiger partial charge in [-0.2, -0.15) is 15.6 Å². The molecule has 3 aromatic rings. The van der Waals surface area contributed by atoms with Gasteiger partial charge in [-0.25, -0.2) is 0 Å². The van der Waals surface area contributed by atoms with Gasteiger partial charge in [0, 0.05) is 16.8 Å². The number of hydrogen-bond acceptors (Lipinski definition) is 5. The fraction of sp³-hybridized carbons (Fsp3) is 0.0625. The van der Waals surface area contributed by atoms with E-state index in [2.05, 4.69) is 10.2 Å². The molecule has 6 heteroatoms. The van der Waals surface area contributed by atoms with Gasteiger partial charge < -0.3 is 5.11 Å². The van der Waals surface area contributed by atoms with Gasteiger partial charge in [-0.05, 0) is 30.5 Å². The van der Waals surface area contributed by atoms with Crippen LogP contribution >= 0.6 is 11.3 Å². The molecule has 2 heterocycles. The van der Waals surface area contributed by atoms with E-state index in [1.165, 1.54) is 12.1 Å². The molecule has 0 amide bonds. The highest BCUT2D eigenvalue weighted by Gasteiger charge is 2.19. The van der Waals surface area contributed by atoms with Gasteiger partial charge in [-0.15, -0.1) is 11.3 Å². The van der Waals surface area contributed by atoms with Gasteiger partial charge in [-0.3, -0.25) is 5.10 Å². The van der Waals surface area contributed by atoms with Crippen molar-refractivity contribution in [2.75, 3.05) is 0 Å². The number of nitriles is 2. The van der Waals surface area contributed by atoms with Crippen molar-refractivity contribution in [3.05, 3.63) is 46.5 Å². The molecule has 0 aliphatic carbocycles. The van der Waals surface area contributed by atoms with Crippen molar-refractivity contribution in [1.29, 1.82) is 10.5 Å². The lowest BCUT2D eigenvalue weighted by Gasteiger charge is -2.07. The number of aromatic amines is 1. The number of nitrogens with zero attached hydrogens (tertiary/aromatic N) is 3. The highest BCUT2D eigenvalue weighted by atomic mass is 32.1. The summed E-state index contributed by atoms with van der Waals surface area (Å²) in [5.74, 6) is -0.0437. The third kappa shape index (κ3) is 2.12. The molecule has 0 fully saturated rings. The molecule has 2 aromatic heterocycles. The van der Waals surface area contributed by atoms with Gasteiger partial charge in [-0.1, -0.05) is 6.07 Å². The van der Waals surface area contributed by atoms with E-state index in [9.17, 15) is 10.4 Å². The Morgan fingerprint density at radius 1 is 1.23 bits per heavy atom. The Hall–Kier alpha value is -3.09. The zero-order chi connectivity index (χ0) is 15.7. The summed E-state index contributed by atoms with van der Waals surface area (Å²) in [7, 11) is 0. The number of H-pyrrole nitrogens is 1. The highest BCUT2D eigenvalue weighted by Crippen LogP contribution is 2.40. The number of thiophene rings is 1. The van der Waals surface area contributed by atoms with Crippen LogP contribution < -0.4 is 0 Å². The number of phenols is 1. The number of nitrogens with one attached hydrogen (secondary N) is 1. The minimum Gasteiger partial charge on any atom is -0.507 e. The first-order valence-corrected chi connectivity index (χ1v) is 7.30. The van der Waals surface area contributed by atoms with Crippen LogP contribution in [0.1, 0.15) is 16.8 Å². The van der Waals surface area contributed by atoms with E-state index in [0.29, 0.717) is 5.56 Å². The second kappa shape index (κ2) is 5.36. The van der Waals surface area contributed by atoms with Crippen molar-refractivity contribution < 1.29 is 5.11 Å². The first-order chi connectivity index (χ1) is 10.7. The van der Waals surface area contributed by atoms with Gasteiger partial charge in [0.2, 0.25) is 0 Å². The number of hydrogen-bond donors (Lipinski definition) is 2. The van der Waals surface area contributed by atoms with Crippen LogP contribution in [0.4, 0.5) is 0 Å². The standard InChI is InChI=1S/C16H10N4OS/c1-9-15(16(20-19-9)14-3-2-4-22-14)12-5-10(7-17)11(8-18)6-13(12)21/h2-6,21H,1H3,(H,19,20). The van der Waals surface area contributed by atoms with Crippen molar-refractivity contribution >= 4 is 11.3 Å². The Balaban J connectivity index is 2.28. The SMILES string of the molecule is Cc1[nH]nc(-c2cccs2)c1-c1cc(C#N)c(C#N)cc1O. The predicted octanol–water partition coefficient (Wildman–Crippen LogP) is 3.56. The van der Waals surface area contributed by atoms with Crippen molar-refractivity contribution in [2.45, 2.75) is 6.92 Å². The molecule has 0 saturated heterocycles. The third-order valence-electron chi connectivity index (χ3n) is 3.35. The van der Waals surface area contributed by atoms with E-state index < -0.39 is 0 Å². The molecule has 0 aliphatic rings. The molecule has 0 atom stereocenters. The Morgan fingerprint density at radius 3 is 2.59 bits per heavy atom. The molecule has 5 nitrogen and oxygen atoms in total. The van der Waals surface area contributed by atoms with E-state index in [1.54, 1.807) is 11.3 Å².